The Bertz CT molecular complexity index is 519. The third-order valence-electron chi connectivity index (χ3n) is 3.68. The van der Waals surface area contributed by atoms with E-state index in [1.54, 1.807) is 11.3 Å². The number of aromatic nitrogens is 2. The van der Waals surface area contributed by atoms with Gasteiger partial charge in [0.05, 0.1) is 6.54 Å². The Morgan fingerprint density at radius 1 is 1.45 bits per heavy atom. The van der Waals surface area contributed by atoms with E-state index < -0.39 is 0 Å². The van der Waals surface area contributed by atoms with E-state index in [2.05, 4.69) is 27.4 Å². The van der Waals surface area contributed by atoms with Crippen molar-refractivity contribution in [3.8, 4) is 11.4 Å². The van der Waals surface area contributed by atoms with Gasteiger partial charge in [-0.15, -0.1) is 0 Å². The summed E-state index contributed by atoms with van der Waals surface area (Å²) in [5.74, 6) is 2.17. The van der Waals surface area contributed by atoms with E-state index in [9.17, 15) is 0 Å². The average Bonchev–Trinajstić information content (AvgIpc) is 3.10. The van der Waals surface area contributed by atoms with Gasteiger partial charge >= 0.3 is 0 Å². The quantitative estimate of drug-likeness (QED) is 0.916. The molecule has 6 heteroatoms. The molecule has 1 fully saturated rings. The van der Waals surface area contributed by atoms with Gasteiger partial charge in [0.1, 0.15) is 0 Å². The average molecular weight is 292 g/mol. The molecule has 3 rings (SSSR count). The number of piperidine rings is 1. The zero-order valence-electron chi connectivity index (χ0n) is 11.7. The fourth-order valence-corrected chi connectivity index (χ4v) is 3.26. The molecule has 5 nitrogen and oxygen atoms in total. The molecule has 0 spiro atoms. The Balaban J connectivity index is 1.54. The first kappa shape index (κ1) is 13.7. The molecule has 1 N–H and O–H groups in total. The van der Waals surface area contributed by atoms with Gasteiger partial charge in [-0.3, -0.25) is 4.90 Å². The highest BCUT2D eigenvalue weighted by Crippen LogP contribution is 2.19. The lowest BCUT2D eigenvalue weighted by Crippen LogP contribution is -2.34. The molecule has 0 atom stereocenters. The molecule has 0 aromatic carbocycles. The molecule has 2 aromatic rings. The van der Waals surface area contributed by atoms with Crippen LogP contribution in [0.4, 0.5) is 0 Å². The van der Waals surface area contributed by atoms with Gasteiger partial charge in [-0.05, 0) is 50.3 Å². The van der Waals surface area contributed by atoms with Gasteiger partial charge in [-0.2, -0.15) is 16.3 Å². The molecule has 0 unspecified atom stereocenters. The van der Waals surface area contributed by atoms with Crippen molar-refractivity contribution in [3.63, 3.8) is 0 Å². The standard InChI is InChI=1S/C14H20N4OS/c1-18(8-11-2-5-15-6-3-11)9-13-16-14(17-19-13)12-4-7-20-10-12/h4,7,10-11,15H,2-3,5-6,8-9H2,1H3. The number of thiophene rings is 1. The van der Waals surface area contributed by atoms with Crippen LogP contribution < -0.4 is 5.32 Å². The summed E-state index contributed by atoms with van der Waals surface area (Å²) in [7, 11) is 2.12. The van der Waals surface area contributed by atoms with Crippen molar-refractivity contribution in [3.05, 3.63) is 22.7 Å². The molecular formula is C14H20N4OS. The van der Waals surface area contributed by atoms with Crippen LogP contribution in [0, 0.1) is 5.92 Å². The number of nitrogens with zero attached hydrogens (tertiary/aromatic N) is 3. The lowest BCUT2D eigenvalue weighted by Gasteiger charge is -2.26. The predicted molar refractivity (Wildman–Crippen MR) is 79.5 cm³/mol. The van der Waals surface area contributed by atoms with Crippen LogP contribution in [-0.2, 0) is 6.54 Å². The van der Waals surface area contributed by atoms with Crippen molar-refractivity contribution in [2.24, 2.45) is 5.92 Å². The zero-order chi connectivity index (χ0) is 13.8. The summed E-state index contributed by atoms with van der Waals surface area (Å²) in [6.45, 7) is 4.10. The number of rotatable bonds is 5. The van der Waals surface area contributed by atoms with E-state index in [1.165, 1.54) is 12.8 Å². The lowest BCUT2D eigenvalue weighted by atomic mass is 9.98. The molecule has 2 aromatic heterocycles. The molecule has 3 heterocycles. The zero-order valence-corrected chi connectivity index (χ0v) is 12.5. The second-order valence-electron chi connectivity index (χ2n) is 5.41. The fraction of sp³-hybridized carbons (Fsp3) is 0.571. The van der Waals surface area contributed by atoms with E-state index in [0.29, 0.717) is 11.7 Å². The summed E-state index contributed by atoms with van der Waals surface area (Å²) >= 11 is 1.64. The van der Waals surface area contributed by atoms with E-state index in [1.807, 2.05) is 16.8 Å². The van der Waals surface area contributed by atoms with Crippen molar-refractivity contribution in [2.75, 3.05) is 26.7 Å². The van der Waals surface area contributed by atoms with Gasteiger partial charge in [0.25, 0.3) is 0 Å². The second-order valence-corrected chi connectivity index (χ2v) is 6.19. The van der Waals surface area contributed by atoms with Crippen LogP contribution in [0.5, 0.6) is 0 Å². The maximum Gasteiger partial charge on any atom is 0.241 e. The monoisotopic (exact) mass is 292 g/mol. The van der Waals surface area contributed by atoms with Crippen LogP contribution >= 0.6 is 11.3 Å². The van der Waals surface area contributed by atoms with Gasteiger partial charge in [-0.1, -0.05) is 5.16 Å². The Hall–Kier alpha value is -1.24. The number of hydrogen-bond acceptors (Lipinski definition) is 6. The van der Waals surface area contributed by atoms with Crippen LogP contribution in [0.25, 0.3) is 11.4 Å². The molecule has 0 aliphatic carbocycles. The summed E-state index contributed by atoms with van der Waals surface area (Å²) in [5, 5.41) is 11.5. The molecule has 108 valence electrons. The van der Waals surface area contributed by atoms with Crippen LogP contribution in [-0.4, -0.2) is 41.7 Å². The minimum Gasteiger partial charge on any atom is -0.338 e. The van der Waals surface area contributed by atoms with E-state index in [4.69, 9.17) is 4.52 Å². The van der Waals surface area contributed by atoms with Gasteiger partial charge in [-0.25, -0.2) is 0 Å². The Morgan fingerprint density at radius 3 is 3.05 bits per heavy atom. The normalized spacial score (nSPS) is 16.9. The van der Waals surface area contributed by atoms with Crippen LogP contribution in [0.15, 0.2) is 21.3 Å². The minimum absolute atomic E-state index is 0.691. The first-order chi connectivity index (χ1) is 9.81. The molecule has 20 heavy (non-hydrogen) atoms. The van der Waals surface area contributed by atoms with Crippen molar-refractivity contribution in [1.82, 2.24) is 20.4 Å². The van der Waals surface area contributed by atoms with E-state index >= 15 is 0 Å². The van der Waals surface area contributed by atoms with Gasteiger partial charge in [0, 0.05) is 17.5 Å². The molecule has 1 aliphatic heterocycles. The maximum absolute atomic E-state index is 5.34. The minimum atomic E-state index is 0.691. The van der Waals surface area contributed by atoms with Crippen molar-refractivity contribution in [2.45, 2.75) is 19.4 Å². The SMILES string of the molecule is CN(Cc1nc(-c2ccsc2)no1)CC1CCNCC1. The fourth-order valence-electron chi connectivity index (χ4n) is 2.63. The highest BCUT2D eigenvalue weighted by Gasteiger charge is 2.17. The topological polar surface area (TPSA) is 54.2 Å². The largest absolute Gasteiger partial charge is 0.338 e. The highest BCUT2D eigenvalue weighted by molar-refractivity contribution is 7.08. The molecule has 1 aliphatic rings. The number of nitrogens with one attached hydrogen (secondary N) is 1. The molecule has 0 amide bonds. The first-order valence-corrected chi connectivity index (χ1v) is 8.00. The van der Waals surface area contributed by atoms with E-state index in [0.717, 1.165) is 37.7 Å². The van der Waals surface area contributed by atoms with Crippen LogP contribution in [0.1, 0.15) is 18.7 Å². The van der Waals surface area contributed by atoms with Gasteiger partial charge in [0.15, 0.2) is 0 Å². The number of hydrogen-bond donors (Lipinski definition) is 1. The Kier molecular flexibility index (Phi) is 4.44. The Labute approximate surface area is 123 Å². The van der Waals surface area contributed by atoms with Crippen molar-refractivity contribution < 1.29 is 4.52 Å². The summed E-state index contributed by atoms with van der Waals surface area (Å²) in [5.41, 5.74) is 1.03. The van der Waals surface area contributed by atoms with Crippen LogP contribution in [0.3, 0.4) is 0 Å². The maximum atomic E-state index is 5.34. The van der Waals surface area contributed by atoms with Crippen LogP contribution in [0.2, 0.25) is 0 Å². The highest BCUT2D eigenvalue weighted by atomic mass is 32.1. The molecular weight excluding hydrogens is 272 g/mol. The summed E-state index contributed by atoms with van der Waals surface area (Å²) in [4.78, 5) is 6.74. The smallest absolute Gasteiger partial charge is 0.241 e. The predicted octanol–water partition coefficient (Wildman–Crippen LogP) is 2.23. The molecule has 0 saturated carbocycles. The van der Waals surface area contributed by atoms with Gasteiger partial charge < -0.3 is 9.84 Å². The first-order valence-electron chi connectivity index (χ1n) is 7.05. The second kappa shape index (κ2) is 6.47. The summed E-state index contributed by atoms with van der Waals surface area (Å²) in [6, 6.07) is 2.01. The molecule has 0 radical (unpaired) electrons. The van der Waals surface area contributed by atoms with Crippen molar-refractivity contribution >= 4 is 11.3 Å². The third kappa shape index (κ3) is 3.45. The lowest BCUT2D eigenvalue weighted by molar-refractivity contribution is 0.210. The Morgan fingerprint density at radius 2 is 2.30 bits per heavy atom. The third-order valence-corrected chi connectivity index (χ3v) is 4.36. The van der Waals surface area contributed by atoms with Crippen molar-refractivity contribution in [1.29, 1.82) is 0 Å². The van der Waals surface area contributed by atoms with Gasteiger partial charge in [0.2, 0.25) is 11.7 Å². The summed E-state index contributed by atoms with van der Waals surface area (Å²) < 4.78 is 5.34. The summed E-state index contributed by atoms with van der Waals surface area (Å²) in [6.07, 6.45) is 2.52. The molecule has 0 bridgehead atoms. The van der Waals surface area contributed by atoms with E-state index in [-0.39, 0.29) is 0 Å². The molecule has 1 saturated heterocycles.